The molecule has 0 aliphatic rings. The largest absolute Gasteiger partial charge is 0.364 e. The summed E-state index contributed by atoms with van der Waals surface area (Å²) in [4.78, 5) is 34.4. The Labute approximate surface area is 225 Å². The number of carbonyl (C=O) groups is 2. The molecule has 8 heteroatoms. The van der Waals surface area contributed by atoms with E-state index in [1.807, 2.05) is 62.5 Å². The third kappa shape index (κ3) is 5.55. The maximum atomic E-state index is 13.5. The zero-order valence-electron chi connectivity index (χ0n) is 21.7. The molecule has 2 aromatic carbocycles. The van der Waals surface area contributed by atoms with Gasteiger partial charge >= 0.3 is 0 Å². The molecule has 0 saturated carbocycles. The highest BCUT2D eigenvalue weighted by Gasteiger charge is 2.19. The van der Waals surface area contributed by atoms with Gasteiger partial charge in [0.1, 0.15) is 22.9 Å². The second-order valence-electron chi connectivity index (χ2n) is 9.85. The Hall–Kier alpha value is -4.85. The summed E-state index contributed by atoms with van der Waals surface area (Å²) in [6, 6.07) is 19.1. The Kier molecular flexibility index (Phi) is 7.19. The maximum absolute atomic E-state index is 13.5. The molecule has 0 saturated heterocycles. The number of hydrogen-bond acceptors (Lipinski definition) is 4. The second kappa shape index (κ2) is 10.9. The van der Waals surface area contributed by atoms with Crippen LogP contribution in [-0.4, -0.2) is 32.7 Å². The summed E-state index contributed by atoms with van der Waals surface area (Å²) >= 11 is 0. The van der Waals surface area contributed by atoms with Crippen LogP contribution in [0, 0.1) is 11.7 Å². The van der Waals surface area contributed by atoms with E-state index in [0.717, 1.165) is 22.3 Å². The molecule has 0 unspecified atom stereocenters. The van der Waals surface area contributed by atoms with Crippen molar-refractivity contribution in [3.05, 3.63) is 114 Å². The van der Waals surface area contributed by atoms with Crippen molar-refractivity contribution < 1.29 is 14.0 Å². The number of benzene rings is 2. The number of amides is 2. The van der Waals surface area contributed by atoms with Crippen LogP contribution in [0.3, 0.4) is 0 Å². The van der Waals surface area contributed by atoms with Gasteiger partial charge < -0.3 is 11.1 Å². The first kappa shape index (κ1) is 25.8. The number of carbonyl (C=O) groups excluding carboxylic acids is 2. The van der Waals surface area contributed by atoms with Gasteiger partial charge in [-0.3, -0.25) is 19.0 Å². The van der Waals surface area contributed by atoms with Crippen molar-refractivity contribution in [2.75, 3.05) is 6.54 Å². The minimum atomic E-state index is -0.635. The Bertz CT molecular complexity index is 1660. The molecule has 196 valence electrons. The van der Waals surface area contributed by atoms with Crippen LogP contribution in [0.4, 0.5) is 4.39 Å². The lowest BCUT2D eigenvalue weighted by molar-refractivity contribution is 0.0948. The Morgan fingerprint density at radius 2 is 1.77 bits per heavy atom. The first-order chi connectivity index (χ1) is 18.8. The lowest BCUT2D eigenvalue weighted by Gasteiger charge is -2.14. The lowest BCUT2D eigenvalue weighted by Crippen LogP contribution is -2.27. The molecular weight excluding hydrogens is 493 g/mol. The van der Waals surface area contributed by atoms with Gasteiger partial charge in [-0.05, 0) is 71.5 Å². The van der Waals surface area contributed by atoms with E-state index in [2.05, 4.69) is 15.3 Å². The number of fused-ring (bicyclic) bond motifs is 1. The quantitative estimate of drug-likeness (QED) is 0.290. The highest BCUT2D eigenvalue weighted by Crippen LogP contribution is 2.27. The molecule has 0 aliphatic carbocycles. The third-order valence-electron chi connectivity index (χ3n) is 6.41. The molecular formula is C31H28FN5O2. The highest BCUT2D eigenvalue weighted by atomic mass is 19.1. The molecule has 5 aromatic rings. The zero-order valence-corrected chi connectivity index (χ0v) is 21.7. The van der Waals surface area contributed by atoms with Gasteiger partial charge in [0.15, 0.2) is 0 Å². The molecule has 5 rings (SSSR count). The standard InChI is InChI=1S/C31H28FN5O2/c1-19(2)16-35-31(39)26-15-20(5-11-25(26)23-4-3-13-34-17-23)14-21-6-12-27-36-28(22-7-9-24(32)10-8-22)29(30(33)38)37(27)18-21/h3-13,15,17-19H,14,16H2,1-2H3,(H2,33,38)(H,35,39). The normalized spacial score (nSPS) is 11.2. The van der Waals surface area contributed by atoms with Crippen molar-refractivity contribution >= 4 is 17.5 Å². The van der Waals surface area contributed by atoms with Crippen molar-refractivity contribution in [2.24, 2.45) is 11.7 Å². The van der Waals surface area contributed by atoms with Crippen molar-refractivity contribution in [1.82, 2.24) is 19.7 Å². The minimum Gasteiger partial charge on any atom is -0.364 e. The fourth-order valence-electron chi connectivity index (χ4n) is 4.53. The van der Waals surface area contributed by atoms with E-state index >= 15 is 0 Å². The van der Waals surface area contributed by atoms with Crippen LogP contribution in [0.5, 0.6) is 0 Å². The molecule has 39 heavy (non-hydrogen) atoms. The number of hydrogen-bond donors (Lipinski definition) is 2. The van der Waals surface area contributed by atoms with Gasteiger partial charge in [-0.1, -0.05) is 38.1 Å². The fourth-order valence-corrected chi connectivity index (χ4v) is 4.53. The summed E-state index contributed by atoms with van der Waals surface area (Å²) in [6.07, 6.45) is 5.77. The number of pyridine rings is 2. The molecule has 0 fully saturated rings. The molecule has 7 nitrogen and oxygen atoms in total. The van der Waals surface area contributed by atoms with E-state index in [4.69, 9.17) is 5.73 Å². The smallest absolute Gasteiger partial charge is 0.268 e. The van der Waals surface area contributed by atoms with E-state index in [-0.39, 0.29) is 17.4 Å². The Morgan fingerprint density at radius 1 is 1.00 bits per heavy atom. The number of nitrogens with one attached hydrogen (secondary N) is 1. The predicted molar refractivity (Wildman–Crippen MR) is 149 cm³/mol. The molecule has 2 amide bonds. The van der Waals surface area contributed by atoms with Gasteiger partial charge in [0.25, 0.3) is 11.8 Å². The summed E-state index contributed by atoms with van der Waals surface area (Å²) in [5, 5.41) is 3.02. The number of halogens is 1. The van der Waals surface area contributed by atoms with E-state index in [1.165, 1.54) is 12.1 Å². The van der Waals surface area contributed by atoms with Crippen LogP contribution < -0.4 is 11.1 Å². The SMILES string of the molecule is CC(C)CNC(=O)c1cc(Cc2ccc3nc(-c4ccc(F)cc4)c(C(N)=O)n3c2)ccc1-c1cccnc1. The van der Waals surface area contributed by atoms with Crippen LogP contribution in [0.25, 0.3) is 28.0 Å². The van der Waals surface area contributed by atoms with Gasteiger partial charge in [0.05, 0.1) is 0 Å². The third-order valence-corrected chi connectivity index (χ3v) is 6.41. The van der Waals surface area contributed by atoms with E-state index in [1.54, 1.807) is 28.9 Å². The zero-order chi connectivity index (χ0) is 27.5. The van der Waals surface area contributed by atoms with Gasteiger partial charge in [-0.25, -0.2) is 9.37 Å². The lowest BCUT2D eigenvalue weighted by atomic mass is 9.95. The summed E-state index contributed by atoms with van der Waals surface area (Å²) in [6.45, 7) is 4.67. The van der Waals surface area contributed by atoms with Crippen LogP contribution in [-0.2, 0) is 6.42 Å². The maximum Gasteiger partial charge on any atom is 0.268 e. The molecule has 0 atom stereocenters. The molecule has 0 bridgehead atoms. The number of rotatable bonds is 8. The fraction of sp³-hybridized carbons (Fsp3) is 0.161. The number of nitrogens with zero attached hydrogens (tertiary/aromatic N) is 3. The first-order valence-corrected chi connectivity index (χ1v) is 12.7. The van der Waals surface area contributed by atoms with Crippen molar-refractivity contribution in [3.8, 4) is 22.4 Å². The van der Waals surface area contributed by atoms with Crippen LogP contribution in [0.1, 0.15) is 45.8 Å². The molecule has 3 N–H and O–H groups in total. The number of imidazole rings is 1. The van der Waals surface area contributed by atoms with E-state index in [0.29, 0.717) is 41.4 Å². The monoisotopic (exact) mass is 521 g/mol. The second-order valence-corrected chi connectivity index (χ2v) is 9.85. The summed E-state index contributed by atoms with van der Waals surface area (Å²) < 4.78 is 15.1. The highest BCUT2D eigenvalue weighted by molar-refractivity contribution is 6.01. The van der Waals surface area contributed by atoms with Gasteiger partial charge in [-0.2, -0.15) is 0 Å². The average Bonchev–Trinajstić information content (AvgIpc) is 3.31. The summed E-state index contributed by atoms with van der Waals surface area (Å²) in [7, 11) is 0. The Balaban J connectivity index is 1.52. The first-order valence-electron chi connectivity index (χ1n) is 12.7. The van der Waals surface area contributed by atoms with Crippen LogP contribution in [0.2, 0.25) is 0 Å². The van der Waals surface area contributed by atoms with Gasteiger partial charge in [0.2, 0.25) is 0 Å². The van der Waals surface area contributed by atoms with Gasteiger partial charge in [0, 0.05) is 41.8 Å². The molecule has 0 aliphatic heterocycles. The molecule has 0 radical (unpaired) electrons. The number of primary amides is 1. The molecule has 0 spiro atoms. The summed E-state index contributed by atoms with van der Waals surface area (Å²) in [5.74, 6) is -0.837. The van der Waals surface area contributed by atoms with E-state index < -0.39 is 5.91 Å². The average molecular weight is 522 g/mol. The minimum absolute atomic E-state index is 0.144. The number of nitrogens with two attached hydrogens (primary N) is 1. The van der Waals surface area contributed by atoms with Crippen LogP contribution in [0.15, 0.2) is 85.3 Å². The predicted octanol–water partition coefficient (Wildman–Crippen LogP) is 5.28. The topological polar surface area (TPSA) is 102 Å². The van der Waals surface area contributed by atoms with Crippen molar-refractivity contribution in [3.63, 3.8) is 0 Å². The molecule has 3 aromatic heterocycles. The number of aromatic nitrogens is 3. The van der Waals surface area contributed by atoms with Crippen LogP contribution >= 0.6 is 0 Å². The Morgan fingerprint density at radius 3 is 2.46 bits per heavy atom. The van der Waals surface area contributed by atoms with E-state index in [9.17, 15) is 14.0 Å². The molecule has 3 heterocycles. The summed E-state index contributed by atoms with van der Waals surface area (Å²) in [5.41, 5.74) is 11.6. The van der Waals surface area contributed by atoms with Gasteiger partial charge in [-0.15, -0.1) is 0 Å². The van der Waals surface area contributed by atoms with Crippen molar-refractivity contribution in [2.45, 2.75) is 20.3 Å². The van der Waals surface area contributed by atoms with Crippen molar-refractivity contribution in [1.29, 1.82) is 0 Å².